The van der Waals surface area contributed by atoms with Gasteiger partial charge >= 0.3 is 5.97 Å². The van der Waals surface area contributed by atoms with Crippen molar-refractivity contribution in [3.63, 3.8) is 0 Å². The van der Waals surface area contributed by atoms with E-state index in [9.17, 15) is 4.79 Å². The molecule has 0 aliphatic rings. The van der Waals surface area contributed by atoms with Crippen LogP contribution < -0.4 is 5.32 Å². The van der Waals surface area contributed by atoms with Gasteiger partial charge in [-0.1, -0.05) is 6.92 Å². The lowest BCUT2D eigenvalue weighted by molar-refractivity contribution is -0.148. The predicted molar refractivity (Wildman–Crippen MR) is 55.2 cm³/mol. The maximum atomic E-state index is 11.5. The van der Waals surface area contributed by atoms with Crippen molar-refractivity contribution >= 4 is 5.97 Å². The molecule has 84 valence electrons. The average molecular weight is 203 g/mol. The monoisotopic (exact) mass is 203 g/mol. The Hall–Kier alpha value is -0.610. The van der Waals surface area contributed by atoms with Crippen LogP contribution in [-0.2, 0) is 14.3 Å². The van der Waals surface area contributed by atoms with Crippen molar-refractivity contribution in [2.24, 2.45) is 0 Å². The van der Waals surface area contributed by atoms with Gasteiger partial charge in [0, 0.05) is 13.7 Å². The Morgan fingerprint density at radius 1 is 1.43 bits per heavy atom. The summed E-state index contributed by atoms with van der Waals surface area (Å²) in [5.41, 5.74) is -0.581. The molecule has 0 aromatic rings. The molecule has 1 atom stereocenters. The van der Waals surface area contributed by atoms with Crippen LogP contribution in [0.1, 0.15) is 26.7 Å². The first-order valence-electron chi connectivity index (χ1n) is 4.93. The van der Waals surface area contributed by atoms with E-state index in [1.807, 2.05) is 13.8 Å². The van der Waals surface area contributed by atoms with Crippen LogP contribution in [0.25, 0.3) is 0 Å². The molecule has 4 nitrogen and oxygen atoms in total. The van der Waals surface area contributed by atoms with Gasteiger partial charge in [-0.3, -0.25) is 4.79 Å². The fraction of sp³-hybridized carbons (Fsp3) is 0.900. The zero-order valence-corrected chi connectivity index (χ0v) is 9.55. The van der Waals surface area contributed by atoms with Crippen molar-refractivity contribution < 1.29 is 14.3 Å². The van der Waals surface area contributed by atoms with Gasteiger partial charge in [0.05, 0.1) is 7.11 Å². The van der Waals surface area contributed by atoms with E-state index in [1.54, 1.807) is 7.11 Å². The summed E-state index contributed by atoms with van der Waals surface area (Å²) in [6, 6.07) is 0. The van der Waals surface area contributed by atoms with Crippen LogP contribution in [0.3, 0.4) is 0 Å². The molecule has 0 bridgehead atoms. The van der Waals surface area contributed by atoms with E-state index in [4.69, 9.17) is 9.47 Å². The smallest absolute Gasteiger partial charge is 0.325 e. The second-order valence-corrected chi connectivity index (χ2v) is 3.45. The highest BCUT2D eigenvalue weighted by Gasteiger charge is 2.32. The van der Waals surface area contributed by atoms with E-state index >= 15 is 0 Å². The highest BCUT2D eigenvalue weighted by atomic mass is 16.5. The quantitative estimate of drug-likeness (QED) is 0.494. The minimum absolute atomic E-state index is 0.213. The second kappa shape index (κ2) is 6.79. The van der Waals surface area contributed by atoms with E-state index < -0.39 is 5.54 Å². The Kier molecular flexibility index (Phi) is 6.49. The molecule has 1 unspecified atom stereocenters. The van der Waals surface area contributed by atoms with Gasteiger partial charge in [-0.2, -0.15) is 0 Å². The van der Waals surface area contributed by atoms with E-state index in [2.05, 4.69) is 5.32 Å². The molecule has 0 heterocycles. The molecular formula is C10H21NO3. The number of ether oxygens (including phenoxy) is 2. The lowest BCUT2D eigenvalue weighted by Crippen LogP contribution is -2.50. The number of carbonyl (C=O) groups is 1. The maximum Gasteiger partial charge on any atom is 0.325 e. The van der Waals surface area contributed by atoms with Gasteiger partial charge < -0.3 is 14.8 Å². The molecule has 0 fully saturated rings. The topological polar surface area (TPSA) is 47.6 Å². The van der Waals surface area contributed by atoms with Crippen LogP contribution >= 0.6 is 0 Å². The van der Waals surface area contributed by atoms with Gasteiger partial charge in [-0.25, -0.2) is 0 Å². The zero-order valence-electron chi connectivity index (χ0n) is 9.55. The summed E-state index contributed by atoms with van der Waals surface area (Å²) in [4.78, 5) is 11.5. The number of nitrogens with one attached hydrogen (secondary N) is 1. The molecule has 0 saturated carbocycles. The first-order valence-corrected chi connectivity index (χ1v) is 4.93. The van der Waals surface area contributed by atoms with Crippen molar-refractivity contribution in [3.8, 4) is 0 Å². The number of methoxy groups -OCH3 is 2. The summed E-state index contributed by atoms with van der Waals surface area (Å²) in [6.45, 7) is 5.24. The summed E-state index contributed by atoms with van der Waals surface area (Å²) >= 11 is 0. The standard InChI is InChI=1S/C10H21NO3/c1-5-11-10(2,9(12)14-4)7-6-8-13-3/h11H,5-8H2,1-4H3. The van der Waals surface area contributed by atoms with Crippen LogP contribution in [-0.4, -0.2) is 38.9 Å². The Bertz CT molecular complexity index is 173. The van der Waals surface area contributed by atoms with E-state index in [1.165, 1.54) is 7.11 Å². The SMILES string of the molecule is CCNC(C)(CCCOC)C(=O)OC. The molecule has 14 heavy (non-hydrogen) atoms. The second-order valence-electron chi connectivity index (χ2n) is 3.45. The van der Waals surface area contributed by atoms with E-state index in [0.29, 0.717) is 6.61 Å². The third kappa shape index (κ3) is 4.07. The molecule has 0 aromatic carbocycles. The molecule has 0 aliphatic heterocycles. The number of hydrogen-bond acceptors (Lipinski definition) is 4. The van der Waals surface area contributed by atoms with Gasteiger partial charge in [0.2, 0.25) is 0 Å². The molecule has 0 spiro atoms. The summed E-state index contributed by atoms with van der Waals surface area (Å²) in [5, 5.41) is 3.14. The number of carbonyl (C=O) groups excluding carboxylic acids is 1. The van der Waals surface area contributed by atoms with Crippen molar-refractivity contribution in [2.75, 3.05) is 27.4 Å². The van der Waals surface area contributed by atoms with Crippen molar-refractivity contribution in [2.45, 2.75) is 32.2 Å². The fourth-order valence-electron chi connectivity index (χ4n) is 1.45. The number of rotatable bonds is 7. The normalized spacial score (nSPS) is 14.9. The van der Waals surface area contributed by atoms with Crippen molar-refractivity contribution in [3.05, 3.63) is 0 Å². The largest absolute Gasteiger partial charge is 0.468 e. The summed E-state index contributed by atoms with van der Waals surface area (Å²) < 4.78 is 9.71. The Morgan fingerprint density at radius 2 is 2.07 bits per heavy atom. The van der Waals surface area contributed by atoms with E-state index in [-0.39, 0.29) is 5.97 Å². The summed E-state index contributed by atoms with van der Waals surface area (Å²) in [7, 11) is 3.07. The molecule has 0 aliphatic carbocycles. The third-order valence-corrected chi connectivity index (χ3v) is 2.23. The van der Waals surface area contributed by atoms with Crippen LogP contribution in [0.5, 0.6) is 0 Å². The molecule has 4 heteroatoms. The van der Waals surface area contributed by atoms with Gasteiger partial charge in [0.15, 0.2) is 0 Å². The number of likely N-dealkylation sites (N-methyl/N-ethyl adjacent to an activating group) is 1. The lowest BCUT2D eigenvalue weighted by Gasteiger charge is -2.27. The third-order valence-electron chi connectivity index (χ3n) is 2.23. The minimum atomic E-state index is -0.581. The highest BCUT2D eigenvalue weighted by Crippen LogP contribution is 2.14. The molecule has 0 radical (unpaired) electrons. The van der Waals surface area contributed by atoms with Gasteiger partial charge in [-0.15, -0.1) is 0 Å². The highest BCUT2D eigenvalue weighted by molar-refractivity contribution is 5.80. The minimum Gasteiger partial charge on any atom is -0.468 e. The molecule has 1 N–H and O–H groups in total. The Morgan fingerprint density at radius 3 is 2.50 bits per heavy atom. The molecule has 0 rings (SSSR count). The summed E-state index contributed by atoms with van der Waals surface area (Å²) in [6.07, 6.45) is 1.57. The van der Waals surface area contributed by atoms with E-state index in [0.717, 1.165) is 19.4 Å². The van der Waals surface area contributed by atoms with Gasteiger partial charge in [0.1, 0.15) is 5.54 Å². The molecule has 0 saturated heterocycles. The van der Waals surface area contributed by atoms with Gasteiger partial charge in [0.25, 0.3) is 0 Å². The van der Waals surface area contributed by atoms with Crippen molar-refractivity contribution in [1.82, 2.24) is 5.32 Å². The molecule has 0 amide bonds. The fourth-order valence-corrected chi connectivity index (χ4v) is 1.45. The predicted octanol–water partition coefficient (Wildman–Crippen LogP) is 0.954. The average Bonchev–Trinajstić information content (AvgIpc) is 2.17. The van der Waals surface area contributed by atoms with Crippen LogP contribution in [0, 0.1) is 0 Å². The van der Waals surface area contributed by atoms with Gasteiger partial charge in [-0.05, 0) is 26.3 Å². The Labute approximate surface area is 86.0 Å². The maximum absolute atomic E-state index is 11.5. The number of esters is 1. The first-order chi connectivity index (χ1) is 6.60. The molecular weight excluding hydrogens is 182 g/mol. The lowest BCUT2D eigenvalue weighted by atomic mass is 9.96. The molecule has 0 aromatic heterocycles. The van der Waals surface area contributed by atoms with Crippen molar-refractivity contribution in [1.29, 1.82) is 0 Å². The van der Waals surface area contributed by atoms with Crippen LogP contribution in [0.15, 0.2) is 0 Å². The zero-order chi connectivity index (χ0) is 11.0. The number of hydrogen-bond donors (Lipinski definition) is 1. The Balaban J connectivity index is 4.16. The summed E-state index contributed by atoms with van der Waals surface area (Å²) in [5.74, 6) is -0.213. The van der Waals surface area contributed by atoms with Crippen LogP contribution in [0.4, 0.5) is 0 Å². The van der Waals surface area contributed by atoms with Crippen LogP contribution in [0.2, 0.25) is 0 Å². The first kappa shape index (κ1) is 13.4.